The normalized spacial score (nSPS) is 12.1. The number of furan rings is 1. The lowest BCUT2D eigenvalue weighted by molar-refractivity contribution is 0.179. The van der Waals surface area contributed by atoms with E-state index in [4.69, 9.17) is 21.4 Å². The van der Waals surface area contributed by atoms with Crippen LogP contribution in [0.2, 0.25) is 0 Å². The van der Waals surface area contributed by atoms with Crippen molar-refractivity contribution in [1.82, 2.24) is 10.6 Å². The Morgan fingerprint density at radius 1 is 1.67 bits per heavy atom. The van der Waals surface area contributed by atoms with Gasteiger partial charge in [0.1, 0.15) is 0 Å². The molecule has 0 saturated carbocycles. The zero-order chi connectivity index (χ0) is 11.1. The predicted octanol–water partition coefficient (Wildman–Crippen LogP) is 1.28. The van der Waals surface area contributed by atoms with Gasteiger partial charge < -0.3 is 19.8 Å². The smallest absolute Gasteiger partial charge is 0.166 e. The molecule has 84 valence electrons. The SMILES string of the molecule is COCC(C)NC(=S)NCc1ccoc1. The van der Waals surface area contributed by atoms with Crippen LogP contribution in [0.25, 0.3) is 0 Å². The maximum absolute atomic E-state index is 5.11. The summed E-state index contributed by atoms with van der Waals surface area (Å²) >= 11 is 5.11. The lowest BCUT2D eigenvalue weighted by Gasteiger charge is -2.15. The third-order valence-corrected chi connectivity index (χ3v) is 2.09. The minimum atomic E-state index is 0.208. The van der Waals surface area contributed by atoms with Gasteiger partial charge in [0.15, 0.2) is 5.11 Å². The summed E-state index contributed by atoms with van der Waals surface area (Å²) in [5.41, 5.74) is 1.07. The van der Waals surface area contributed by atoms with E-state index >= 15 is 0 Å². The quantitative estimate of drug-likeness (QED) is 0.743. The number of nitrogens with one attached hydrogen (secondary N) is 2. The highest BCUT2D eigenvalue weighted by molar-refractivity contribution is 7.80. The van der Waals surface area contributed by atoms with Crippen LogP contribution in [0.3, 0.4) is 0 Å². The molecule has 0 saturated heterocycles. The van der Waals surface area contributed by atoms with Crippen LogP contribution in [0.15, 0.2) is 23.0 Å². The van der Waals surface area contributed by atoms with E-state index in [0.717, 1.165) is 5.56 Å². The van der Waals surface area contributed by atoms with Gasteiger partial charge in [0.2, 0.25) is 0 Å². The topological polar surface area (TPSA) is 46.4 Å². The molecule has 0 spiro atoms. The van der Waals surface area contributed by atoms with Gasteiger partial charge in [-0.3, -0.25) is 0 Å². The number of rotatable bonds is 5. The monoisotopic (exact) mass is 228 g/mol. The van der Waals surface area contributed by atoms with Crippen molar-refractivity contribution in [2.45, 2.75) is 19.5 Å². The van der Waals surface area contributed by atoms with E-state index in [-0.39, 0.29) is 6.04 Å². The van der Waals surface area contributed by atoms with E-state index in [9.17, 15) is 0 Å². The number of hydrogen-bond acceptors (Lipinski definition) is 3. The Hall–Kier alpha value is -1.07. The molecule has 1 aromatic heterocycles. The summed E-state index contributed by atoms with van der Waals surface area (Å²) in [7, 11) is 1.67. The average molecular weight is 228 g/mol. The van der Waals surface area contributed by atoms with E-state index in [0.29, 0.717) is 18.3 Å². The second-order valence-corrected chi connectivity index (χ2v) is 3.72. The molecule has 0 bridgehead atoms. The number of ether oxygens (including phenoxy) is 1. The average Bonchev–Trinajstić information content (AvgIpc) is 2.67. The molecule has 1 rings (SSSR count). The van der Waals surface area contributed by atoms with Crippen molar-refractivity contribution >= 4 is 17.3 Å². The summed E-state index contributed by atoms with van der Waals surface area (Å²) in [6.07, 6.45) is 3.33. The molecule has 1 aromatic rings. The maximum Gasteiger partial charge on any atom is 0.166 e. The van der Waals surface area contributed by atoms with Gasteiger partial charge in [-0.1, -0.05) is 0 Å². The molecule has 4 nitrogen and oxygen atoms in total. The van der Waals surface area contributed by atoms with Crippen LogP contribution in [0.5, 0.6) is 0 Å². The summed E-state index contributed by atoms with van der Waals surface area (Å²) in [6, 6.07) is 2.10. The lowest BCUT2D eigenvalue weighted by atomic mass is 10.3. The molecule has 1 heterocycles. The van der Waals surface area contributed by atoms with E-state index in [1.807, 2.05) is 13.0 Å². The Kier molecular flexibility index (Phi) is 5.14. The van der Waals surface area contributed by atoms with Crippen molar-refractivity contribution in [2.75, 3.05) is 13.7 Å². The molecule has 0 aliphatic rings. The van der Waals surface area contributed by atoms with Gasteiger partial charge in [-0.2, -0.15) is 0 Å². The Morgan fingerprint density at radius 3 is 3.07 bits per heavy atom. The van der Waals surface area contributed by atoms with E-state index in [2.05, 4.69) is 10.6 Å². The summed E-state index contributed by atoms with van der Waals surface area (Å²) in [6.45, 7) is 3.31. The second kappa shape index (κ2) is 6.42. The van der Waals surface area contributed by atoms with E-state index in [1.165, 1.54) is 0 Å². The third kappa shape index (κ3) is 4.80. The van der Waals surface area contributed by atoms with Crippen LogP contribution in [0.1, 0.15) is 12.5 Å². The molecular weight excluding hydrogens is 212 g/mol. The van der Waals surface area contributed by atoms with Crippen LogP contribution in [0.4, 0.5) is 0 Å². The number of hydrogen-bond donors (Lipinski definition) is 2. The molecule has 0 amide bonds. The summed E-state index contributed by atoms with van der Waals surface area (Å²) in [5, 5.41) is 6.81. The van der Waals surface area contributed by atoms with Crippen molar-refractivity contribution in [1.29, 1.82) is 0 Å². The van der Waals surface area contributed by atoms with E-state index in [1.54, 1.807) is 19.6 Å². The molecule has 0 fully saturated rings. The minimum Gasteiger partial charge on any atom is -0.472 e. The molecule has 0 radical (unpaired) electrons. The molecule has 15 heavy (non-hydrogen) atoms. The Labute approximate surface area is 95.0 Å². The van der Waals surface area contributed by atoms with Crippen LogP contribution in [0, 0.1) is 0 Å². The second-order valence-electron chi connectivity index (χ2n) is 3.32. The predicted molar refractivity (Wildman–Crippen MR) is 62.6 cm³/mol. The molecule has 0 aromatic carbocycles. The zero-order valence-electron chi connectivity index (χ0n) is 8.95. The number of thiocarbonyl (C=S) groups is 1. The Morgan fingerprint density at radius 2 is 2.47 bits per heavy atom. The van der Waals surface area contributed by atoms with Gasteiger partial charge in [0.25, 0.3) is 0 Å². The standard InChI is InChI=1S/C10H16N2O2S/c1-8(6-13-2)12-10(15)11-5-9-3-4-14-7-9/h3-4,7-8H,5-6H2,1-2H3,(H2,11,12,15). The third-order valence-electron chi connectivity index (χ3n) is 1.83. The van der Waals surface area contributed by atoms with Crippen LogP contribution in [-0.2, 0) is 11.3 Å². The van der Waals surface area contributed by atoms with Crippen LogP contribution >= 0.6 is 12.2 Å². The highest BCUT2D eigenvalue weighted by Gasteiger charge is 2.03. The fraction of sp³-hybridized carbons (Fsp3) is 0.500. The molecule has 0 aliphatic carbocycles. The first-order valence-electron chi connectivity index (χ1n) is 4.76. The number of methoxy groups -OCH3 is 1. The van der Waals surface area contributed by atoms with Gasteiger partial charge in [0.05, 0.1) is 19.1 Å². The van der Waals surface area contributed by atoms with Crippen molar-refractivity contribution in [3.8, 4) is 0 Å². The first kappa shape index (κ1) is 12.0. The first-order valence-corrected chi connectivity index (χ1v) is 5.17. The van der Waals surface area contributed by atoms with Crippen molar-refractivity contribution in [2.24, 2.45) is 0 Å². The van der Waals surface area contributed by atoms with Gasteiger partial charge in [-0.25, -0.2) is 0 Å². The molecule has 2 N–H and O–H groups in total. The Balaban J connectivity index is 2.19. The van der Waals surface area contributed by atoms with Crippen molar-refractivity contribution in [3.05, 3.63) is 24.2 Å². The minimum absolute atomic E-state index is 0.208. The van der Waals surface area contributed by atoms with Crippen LogP contribution < -0.4 is 10.6 Å². The lowest BCUT2D eigenvalue weighted by Crippen LogP contribution is -2.42. The van der Waals surface area contributed by atoms with E-state index < -0.39 is 0 Å². The van der Waals surface area contributed by atoms with Crippen molar-refractivity contribution < 1.29 is 9.15 Å². The molecular formula is C10H16N2O2S. The van der Waals surface area contributed by atoms with Crippen molar-refractivity contribution in [3.63, 3.8) is 0 Å². The van der Waals surface area contributed by atoms with Gasteiger partial charge >= 0.3 is 0 Å². The highest BCUT2D eigenvalue weighted by atomic mass is 32.1. The summed E-state index contributed by atoms with van der Waals surface area (Å²) in [5.74, 6) is 0. The zero-order valence-corrected chi connectivity index (χ0v) is 9.76. The fourth-order valence-corrected chi connectivity index (χ4v) is 1.42. The molecule has 0 aliphatic heterocycles. The molecule has 1 unspecified atom stereocenters. The highest BCUT2D eigenvalue weighted by Crippen LogP contribution is 1.98. The van der Waals surface area contributed by atoms with Gasteiger partial charge in [0, 0.05) is 25.3 Å². The molecule has 1 atom stereocenters. The Bertz CT molecular complexity index is 288. The van der Waals surface area contributed by atoms with Gasteiger partial charge in [-0.05, 0) is 25.2 Å². The summed E-state index contributed by atoms with van der Waals surface area (Å²) < 4.78 is 9.93. The maximum atomic E-state index is 5.11. The fourth-order valence-electron chi connectivity index (χ4n) is 1.14. The largest absolute Gasteiger partial charge is 0.472 e. The molecule has 5 heteroatoms. The van der Waals surface area contributed by atoms with Gasteiger partial charge in [-0.15, -0.1) is 0 Å². The summed E-state index contributed by atoms with van der Waals surface area (Å²) in [4.78, 5) is 0. The first-order chi connectivity index (χ1) is 7.22. The van der Waals surface area contributed by atoms with Crippen LogP contribution in [-0.4, -0.2) is 24.9 Å².